The predicted molar refractivity (Wildman–Crippen MR) is 212 cm³/mol. The number of benzene rings is 6. The fourth-order valence-electron chi connectivity index (χ4n) is 5.10. The van der Waals surface area contributed by atoms with Gasteiger partial charge in [-0.3, -0.25) is 13.7 Å². The van der Waals surface area contributed by atoms with Crippen LogP contribution in [0.25, 0.3) is 21.5 Å². The minimum Gasteiger partial charge on any atom is -0.505 e. The van der Waals surface area contributed by atoms with E-state index in [0.717, 1.165) is 24.3 Å². The van der Waals surface area contributed by atoms with E-state index in [4.69, 9.17) is 11.5 Å². The fraction of sp³-hybridized carbons (Fsp3) is 0. The molecule has 6 aromatic rings. The number of nitrogens with zero attached hydrogens (tertiary/aromatic N) is 6. The van der Waals surface area contributed by atoms with Crippen LogP contribution < -0.4 is 11.5 Å². The maximum absolute atomic E-state index is 12.1. The van der Waals surface area contributed by atoms with Crippen LogP contribution >= 0.6 is 0 Å². The molecule has 0 spiro atoms. The molecular formula is C32H24N8Na3O11S3. The molecule has 57 heavy (non-hydrogen) atoms. The van der Waals surface area contributed by atoms with Crippen molar-refractivity contribution in [1.82, 2.24) is 0 Å². The van der Waals surface area contributed by atoms with Gasteiger partial charge in [-0.05, 0) is 102 Å². The van der Waals surface area contributed by atoms with E-state index in [-0.39, 0.29) is 127 Å². The first-order valence-electron chi connectivity index (χ1n) is 14.8. The fourth-order valence-corrected chi connectivity index (χ4v) is 6.97. The molecule has 0 atom stereocenters. The van der Waals surface area contributed by atoms with Crippen LogP contribution in [0.3, 0.4) is 0 Å². The average molecular weight is 862 g/mol. The smallest absolute Gasteiger partial charge is 0.296 e. The molecule has 25 heteroatoms. The molecule has 3 radical (unpaired) electrons. The second-order valence-electron chi connectivity index (χ2n) is 11.3. The Labute approximate surface area is 390 Å². The van der Waals surface area contributed by atoms with Crippen molar-refractivity contribution in [1.29, 1.82) is 0 Å². The Balaban J connectivity index is 0.00000290. The average Bonchev–Trinajstić information content (AvgIpc) is 3.09. The van der Waals surface area contributed by atoms with E-state index in [1.54, 1.807) is 0 Å². The van der Waals surface area contributed by atoms with E-state index < -0.39 is 67.9 Å². The number of aromatic hydroxyl groups is 2. The molecule has 279 valence electrons. The van der Waals surface area contributed by atoms with Gasteiger partial charge < -0.3 is 21.7 Å². The van der Waals surface area contributed by atoms with Gasteiger partial charge in [-0.25, -0.2) is 0 Å². The monoisotopic (exact) mass is 861 g/mol. The molecule has 9 N–H and O–H groups in total. The van der Waals surface area contributed by atoms with Crippen molar-refractivity contribution in [3.05, 3.63) is 91.0 Å². The topological polar surface area (TPSA) is 330 Å². The van der Waals surface area contributed by atoms with E-state index in [0.29, 0.717) is 17.1 Å². The van der Waals surface area contributed by atoms with Gasteiger partial charge in [-0.15, -0.1) is 10.2 Å². The van der Waals surface area contributed by atoms with Gasteiger partial charge in [0.15, 0.2) is 11.5 Å². The van der Waals surface area contributed by atoms with Gasteiger partial charge in [0.25, 0.3) is 30.4 Å². The third-order valence-electron chi connectivity index (χ3n) is 7.59. The van der Waals surface area contributed by atoms with Gasteiger partial charge in [0.05, 0.1) is 27.6 Å². The van der Waals surface area contributed by atoms with Crippen LogP contribution in [0.4, 0.5) is 45.5 Å². The second-order valence-corrected chi connectivity index (χ2v) is 15.5. The van der Waals surface area contributed by atoms with Gasteiger partial charge in [-0.2, -0.15) is 45.7 Å². The Bertz CT molecular complexity index is 2960. The van der Waals surface area contributed by atoms with Gasteiger partial charge in [0, 0.05) is 111 Å². The van der Waals surface area contributed by atoms with Crippen LogP contribution in [0.15, 0.2) is 136 Å². The van der Waals surface area contributed by atoms with Crippen molar-refractivity contribution in [2.45, 2.75) is 14.7 Å². The maximum atomic E-state index is 12.1. The molecule has 0 heterocycles. The molecule has 0 aromatic heterocycles. The molecule has 0 unspecified atom stereocenters. The molecule has 19 nitrogen and oxygen atoms in total. The molecule has 0 aliphatic carbocycles. The van der Waals surface area contributed by atoms with Gasteiger partial charge in [-0.1, -0.05) is 0 Å². The Morgan fingerprint density at radius 3 is 1.28 bits per heavy atom. The second kappa shape index (κ2) is 18.7. The molecule has 0 saturated heterocycles. The summed E-state index contributed by atoms with van der Waals surface area (Å²) in [5, 5.41) is 45.4. The maximum Gasteiger partial charge on any atom is 0.296 e. The van der Waals surface area contributed by atoms with E-state index in [1.807, 2.05) is 0 Å². The van der Waals surface area contributed by atoms with Crippen LogP contribution in [0, 0.1) is 0 Å². The summed E-state index contributed by atoms with van der Waals surface area (Å²) in [5.41, 5.74) is 11.5. The first-order chi connectivity index (χ1) is 25.3. The van der Waals surface area contributed by atoms with E-state index >= 15 is 0 Å². The number of nitrogen functional groups attached to an aromatic ring is 2. The summed E-state index contributed by atoms with van der Waals surface area (Å²) in [6, 6.07) is 19.9. The SMILES string of the molecule is Nc1ccc2c(O)c(N=Nc3ccc(N=Nc4ccc(N=Nc5c(S(=O)(=O)O)cc6cc(S(=O)(=O)O)cc(N)c6c5O)cc4)cc3)c(S(=O)(=O)O)cc2c1.[Na].[Na].[Na]. The zero-order valence-electron chi connectivity index (χ0n) is 29.9. The van der Waals surface area contributed by atoms with Crippen molar-refractivity contribution in [3.63, 3.8) is 0 Å². The summed E-state index contributed by atoms with van der Waals surface area (Å²) in [6.07, 6.45) is 0. The third kappa shape index (κ3) is 11.0. The summed E-state index contributed by atoms with van der Waals surface area (Å²) < 4.78 is 101. The van der Waals surface area contributed by atoms with E-state index in [1.165, 1.54) is 66.7 Å². The number of rotatable bonds is 9. The van der Waals surface area contributed by atoms with E-state index in [2.05, 4.69) is 30.7 Å². The first kappa shape index (κ1) is 47.9. The molecule has 0 amide bonds. The number of nitrogens with two attached hydrogens (primary N) is 2. The van der Waals surface area contributed by atoms with Gasteiger partial charge >= 0.3 is 0 Å². The van der Waals surface area contributed by atoms with Crippen molar-refractivity contribution in [2.75, 3.05) is 11.5 Å². The van der Waals surface area contributed by atoms with Crippen LogP contribution in [0.2, 0.25) is 0 Å². The molecule has 0 aliphatic heterocycles. The summed E-state index contributed by atoms with van der Waals surface area (Å²) >= 11 is 0. The van der Waals surface area contributed by atoms with Crippen LogP contribution in [0.1, 0.15) is 0 Å². The number of phenolic OH excluding ortho intramolecular Hbond substituents is 2. The number of hydrogen-bond acceptors (Lipinski definition) is 16. The molecule has 0 saturated carbocycles. The molecule has 0 bridgehead atoms. The number of phenols is 2. The van der Waals surface area contributed by atoms with Crippen molar-refractivity contribution >= 4 is 186 Å². The largest absolute Gasteiger partial charge is 0.505 e. The van der Waals surface area contributed by atoms with Gasteiger partial charge in [0.2, 0.25) is 0 Å². The Morgan fingerprint density at radius 2 is 0.860 bits per heavy atom. The Hall–Kier alpha value is -3.43. The van der Waals surface area contributed by atoms with Gasteiger partial charge in [0.1, 0.15) is 21.2 Å². The predicted octanol–water partition coefficient (Wildman–Crippen LogP) is 6.41. The Kier molecular flexibility index (Phi) is 15.7. The number of anilines is 2. The minimum atomic E-state index is -5.04. The van der Waals surface area contributed by atoms with Crippen molar-refractivity contribution in [2.24, 2.45) is 30.7 Å². The van der Waals surface area contributed by atoms with Crippen molar-refractivity contribution < 1.29 is 49.1 Å². The zero-order valence-corrected chi connectivity index (χ0v) is 38.4. The quantitative estimate of drug-likeness (QED) is 0.0358. The molecule has 6 aromatic carbocycles. The van der Waals surface area contributed by atoms with Crippen LogP contribution in [-0.4, -0.2) is 138 Å². The summed E-state index contributed by atoms with van der Waals surface area (Å²) in [5.74, 6) is -1.36. The van der Waals surface area contributed by atoms with E-state index in [9.17, 15) is 49.1 Å². The minimum absolute atomic E-state index is 0. The van der Waals surface area contributed by atoms with Crippen LogP contribution in [-0.2, 0) is 30.4 Å². The first-order valence-corrected chi connectivity index (χ1v) is 19.1. The molecular weight excluding hydrogens is 838 g/mol. The normalized spacial score (nSPS) is 12.2. The number of hydrogen-bond donors (Lipinski definition) is 7. The standard InChI is InChI=1S/C32H24N8O11S3.3Na/c33-18-1-10-24-16(11-18)13-26(53(46,47)48)29(31(24)41)39-37-21-6-2-19(3-7-21)35-36-20-4-8-22(9-5-20)38-40-30-27(54(49,50)51)14-17-12-23(52(43,44)45)15-25(34)28(17)32(30)42;;;/h1-15,41-42H,33-34H2,(H,43,44,45)(H,46,47,48)(H,49,50,51);;;. The van der Waals surface area contributed by atoms with Crippen molar-refractivity contribution in [3.8, 4) is 11.5 Å². The summed E-state index contributed by atoms with van der Waals surface area (Å²) in [7, 11) is -14.6. The number of azo groups is 3. The molecule has 0 fully saturated rings. The summed E-state index contributed by atoms with van der Waals surface area (Å²) in [6.45, 7) is 0. The number of fused-ring (bicyclic) bond motifs is 2. The molecule has 6 rings (SSSR count). The Morgan fingerprint density at radius 1 is 0.456 bits per heavy atom. The van der Waals surface area contributed by atoms with Crippen LogP contribution in [0.5, 0.6) is 11.5 Å². The summed E-state index contributed by atoms with van der Waals surface area (Å²) in [4.78, 5) is -2.26. The molecule has 0 aliphatic rings. The third-order valence-corrected chi connectivity index (χ3v) is 10.2. The zero-order chi connectivity index (χ0) is 39.2.